The second-order valence-corrected chi connectivity index (χ2v) is 6.37. The molecule has 0 saturated carbocycles. The number of likely N-dealkylation sites (tertiary alicyclic amines) is 1. The van der Waals surface area contributed by atoms with Gasteiger partial charge in [0.2, 0.25) is 0 Å². The average Bonchev–Trinajstić information content (AvgIpc) is 2.37. The minimum Gasteiger partial charge on any atom is -0.463 e. The summed E-state index contributed by atoms with van der Waals surface area (Å²) in [5, 5.41) is 0. The van der Waals surface area contributed by atoms with Gasteiger partial charge in [0.25, 0.3) is 0 Å². The van der Waals surface area contributed by atoms with Gasteiger partial charge in [-0.3, -0.25) is 0 Å². The number of hydrogen-bond donors (Lipinski definition) is 0. The Hall–Kier alpha value is -1.52. The van der Waals surface area contributed by atoms with Crippen molar-refractivity contribution in [1.82, 2.24) is 4.90 Å². The fraction of sp³-hybridized carbons (Fsp3) is 0.750. The molecule has 0 unspecified atom stereocenters. The number of allylic oxidation sites excluding steroid dienone is 1. The van der Waals surface area contributed by atoms with Gasteiger partial charge in [0.15, 0.2) is 0 Å². The number of hydrogen-bond acceptors (Lipinski definition) is 4. The van der Waals surface area contributed by atoms with Crippen LogP contribution in [0.4, 0.5) is 4.79 Å². The van der Waals surface area contributed by atoms with Crippen LogP contribution in [0, 0.1) is 5.92 Å². The van der Waals surface area contributed by atoms with Crippen LogP contribution in [0.15, 0.2) is 11.6 Å². The summed E-state index contributed by atoms with van der Waals surface area (Å²) >= 11 is 0. The standard InChI is InChI=1S/C16H27NO4/c1-6-20-14(18)12(2)11-13-7-9-17(10-8-13)15(19)21-16(3,4)5/h11,13H,6-10H2,1-5H3/b12-11+. The van der Waals surface area contributed by atoms with E-state index in [4.69, 9.17) is 9.47 Å². The van der Waals surface area contributed by atoms with Crippen molar-refractivity contribution in [1.29, 1.82) is 0 Å². The first-order chi connectivity index (χ1) is 9.73. The second kappa shape index (κ2) is 7.48. The molecule has 120 valence electrons. The summed E-state index contributed by atoms with van der Waals surface area (Å²) in [7, 11) is 0. The first-order valence-corrected chi connectivity index (χ1v) is 7.56. The molecule has 1 saturated heterocycles. The van der Waals surface area contributed by atoms with Gasteiger partial charge < -0.3 is 14.4 Å². The molecular weight excluding hydrogens is 270 g/mol. The Labute approximate surface area is 127 Å². The van der Waals surface area contributed by atoms with E-state index in [9.17, 15) is 9.59 Å². The Bertz CT molecular complexity index is 401. The fourth-order valence-corrected chi connectivity index (χ4v) is 2.24. The number of ether oxygens (including phenoxy) is 2. The van der Waals surface area contributed by atoms with Gasteiger partial charge >= 0.3 is 12.1 Å². The lowest BCUT2D eigenvalue weighted by molar-refractivity contribution is -0.138. The molecule has 1 amide bonds. The summed E-state index contributed by atoms with van der Waals surface area (Å²) in [5.41, 5.74) is 0.182. The van der Waals surface area contributed by atoms with Gasteiger partial charge in [0, 0.05) is 18.7 Å². The van der Waals surface area contributed by atoms with Crippen LogP contribution in [0.3, 0.4) is 0 Å². The highest BCUT2D eigenvalue weighted by Crippen LogP contribution is 2.22. The van der Waals surface area contributed by atoms with Crippen molar-refractivity contribution in [3.05, 3.63) is 11.6 Å². The molecule has 0 bridgehead atoms. The van der Waals surface area contributed by atoms with Crippen LogP contribution < -0.4 is 0 Å². The summed E-state index contributed by atoms with van der Waals surface area (Å²) in [4.78, 5) is 25.3. The third-order valence-corrected chi connectivity index (χ3v) is 3.27. The molecule has 1 aliphatic heterocycles. The van der Waals surface area contributed by atoms with Crippen molar-refractivity contribution in [2.24, 2.45) is 5.92 Å². The zero-order chi connectivity index (χ0) is 16.0. The van der Waals surface area contributed by atoms with E-state index >= 15 is 0 Å². The first-order valence-electron chi connectivity index (χ1n) is 7.56. The predicted octanol–water partition coefficient (Wildman–Crippen LogP) is 3.14. The number of carbonyl (C=O) groups excluding carboxylic acids is 2. The van der Waals surface area contributed by atoms with Crippen molar-refractivity contribution in [3.8, 4) is 0 Å². The van der Waals surface area contributed by atoms with E-state index in [0.717, 1.165) is 12.8 Å². The van der Waals surface area contributed by atoms with Gasteiger partial charge in [0.05, 0.1) is 6.61 Å². The highest BCUT2D eigenvalue weighted by atomic mass is 16.6. The minimum absolute atomic E-state index is 0.257. The van der Waals surface area contributed by atoms with E-state index in [2.05, 4.69) is 0 Å². The normalized spacial score (nSPS) is 17.6. The van der Waals surface area contributed by atoms with Crippen molar-refractivity contribution in [3.63, 3.8) is 0 Å². The summed E-state index contributed by atoms with van der Waals surface area (Å²) in [6.45, 7) is 10.9. The number of esters is 1. The average molecular weight is 297 g/mol. The Morgan fingerprint density at radius 1 is 1.24 bits per heavy atom. The molecule has 0 radical (unpaired) electrons. The first kappa shape index (κ1) is 17.5. The molecule has 1 heterocycles. The van der Waals surface area contributed by atoms with Crippen molar-refractivity contribution < 1.29 is 19.1 Å². The number of piperidine rings is 1. The van der Waals surface area contributed by atoms with Crippen LogP contribution >= 0.6 is 0 Å². The summed E-state index contributed by atoms with van der Waals surface area (Å²) in [5.74, 6) is 0.0557. The summed E-state index contributed by atoms with van der Waals surface area (Å²) < 4.78 is 10.3. The maximum Gasteiger partial charge on any atom is 0.410 e. The van der Waals surface area contributed by atoms with E-state index in [1.54, 1.807) is 18.7 Å². The lowest BCUT2D eigenvalue weighted by Gasteiger charge is -2.32. The Morgan fingerprint density at radius 3 is 2.29 bits per heavy atom. The van der Waals surface area contributed by atoms with E-state index in [0.29, 0.717) is 31.2 Å². The fourth-order valence-electron chi connectivity index (χ4n) is 2.24. The Balaban J connectivity index is 2.47. The molecule has 0 aromatic rings. The van der Waals surface area contributed by atoms with E-state index < -0.39 is 5.60 Å². The third-order valence-electron chi connectivity index (χ3n) is 3.27. The highest BCUT2D eigenvalue weighted by molar-refractivity contribution is 5.87. The number of amides is 1. The van der Waals surface area contributed by atoms with Crippen LogP contribution in [0.1, 0.15) is 47.5 Å². The topological polar surface area (TPSA) is 55.8 Å². The largest absolute Gasteiger partial charge is 0.463 e. The molecule has 0 aliphatic carbocycles. The maximum absolute atomic E-state index is 12.0. The number of rotatable bonds is 3. The number of carbonyl (C=O) groups is 2. The molecule has 0 atom stereocenters. The van der Waals surface area contributed by atoms with Crippen molar-refractivity contribution >= 4 is 12.1 Å². The summed E-state index contributed by atoms with van der Waals surface area (Å²) in [6.07, 6.45) is 3.39. The SMILES string of the molecule is CCOC(=O)/C(C)=C/C1CCN(C(=O)OC(C)(C)C)CC1. The molecule has 0 spiro atoms. The molecule has 1 rings (SSSR count). The third kappa shape index (κ3) is 6.19. The van der Waals surface area contributed by atoms with Crippen LogP contribution in [0.25, 0.3) is 0 Å². The Morgan fingerprint density at radius 2 is 1.81 bits per heavy atom. The van der Waals surface area contributed by atoms with Crippen molar-refractivity contribution in [2.75, 3.05) is 19.7 Å². The van der Waals surface area contributed by atoms with Crippen LogP contribution in [0.2, 0.25) is 0 Å². The molecule has 0 N–H and O–H groups in total. The zero-order valence-electron chi connectivity index (χ0n) is 13.8. The minimum atomic E-state index is -0.464. The molecule has 21 heavy (non-hydrogen) atoms. The van der Waals surface area contributed by atoms with Gasteiger partial charge in [-0.25, -0.2) is 9.59 Å². The van der Waals surface area contributed by atoms with Crippen LogP contribution in [-0.2, 0) is 14.3 Å². The van der Waals surface area contributed by atoms with Gasteiger partial charge in [-0.15, -0.1) is 0 Å². The monoisotopic (exact) mass is 297 g/mol. The predicted molar refractivity (Wildman–Crippen MR) is 80.9 cm³/mol. The molecule has 0 aromatic heterocycles. The zero-order valence-corrected chi connectivity index (χ0v) is 13.8. The van der Waals surface area contributed by atoms with Crippen molar-refractivity contribution in [2.45, 2.75) is 53.1 Å². The quantitative estimate of drug-likeness (QED) is 0.593. The summed E-state index contributed by atoms with van der Waals surface area (Å²) in [6, 6.07) is 0. The highest BCUT2D eigenvalue weighted by Gasteiger charge is 2.26. The van der Waals surface area contributed by atoms with Gasteiger partial charge in [-0.05, 0) is 53.4 Å². The van der Waals surface area contributed by atoms with Gasteiger partial charge in [0.1, 0.15) is 5.60 Å². The maximum atomic E-state index is 12.0. The molecule has 1 fully saturated rings. The number of nitrogens with zero attached hydrogens (tertiary/aromatic N) is 1. The molecule has 1 aliphatic rings. The van der Waals surface area contributed by atoms with Gasteiger partial charge in [-0.2, -0.15) is 0 Å². The van der Waals surface area contributed by atoms with Crippen LogP contribution in [0.5, 0.6) is 0 Å². The van der Waals surface area contributed by atoms with Crippen LogP contribution in [-0.4, -0.2) is 42.3 Å². The van der Waals surface area contributed by atoms with E-state index in [-0.39, 0.29) is 12.1 Å². The van der Waals surface area contributed by atoms with E-state index in [1.165, 1.54) is 0 Å². The lowest BCUT2D eigenvalue weighted by Crippen LogP contribution is -2.41. The smallest absolute Gasteiger partial charge is 0.410 e. The van der Waals surface area contributed by atoms with E-state index in [1.807, 2.05) is 26.8 Å². The molecular formula is C16H27NO4. The molecule has 5 heteroatoms. The molecule has 5 nitrogen and oxygen atoms in total. The second-order valence-electron chi connectivity index (χ2n) is 6.37. The molecule has 0 aromatic carbocycles. The van der Waals surface area contributed by atoms with Gasteiger partial charge in [-0.1, -0.05) is 6.08 Å². The Kier molecular flexibility index (Phi) is 6.24. The lowest BCUT2D eigenvalue weighted by atomic mass is 9.95.